The number of aromatic nitrogens is 3. The number of anilines is 2. The molecule has 0 fully saturated rings. The van der Waals surface area contributed by atoms with Crippen molar-refractivity contribution in [1.29, 1.82) is 0 Å². The Bertz CT molecular complexity index is 927. The number of halogens is 1. The van der Waals surface area contributed by atoms with Crippen LogP contribution in [-0.2, 0) is 0 Å². The Labute approximate surface area is 139 Å². The monoisotopic (exact) mass is 347 g/mol. The summed E-state index contributed by atoms with van der Waals surface area (Å²) in [4.78, 5) is 10.2. The van der Waals surface area contributed by atoms with E-state index in [1.165, 1.54) is 24.4 Å². The summed E-state index contributed by atoms with van der Waals surface area (Å²) in [6.45, 7) is 0. The van der Waals surface area contributed by atoms with Crippen molar-refractivity contribution in [2.24, 2.45) is 5.10 Å². The SMILES string of the molecule is Nc1nnc(N)n1/N=C/c1ccc(-c2ccc([N+](=O)[O-])cc2Cl)o1. The summed E-state index contributed by atoms with van der Waals surface area (Å²) in [5.41, 5.74) is 11.5. The lowest BCUT2D eigenvalue weighted by Crippen LogP contribution is -2.01. The predicted molar refractivity (Wildman–Crippen MR) is 87.6 cm³/mol. The summed E-state index contributed by atoms with van der Waals surface area (Å²) in [5.74, 6) is 0.899. The zero-order valence-electron chi connectivity index (χ0n) is 12.0. The highest BCUT2D eigenvalue weighted by Gasteiger charge is 2.13. The van der Waals surface area contributed by atoms with E-state index >= 15 is 0 Å². The molecule has 2 heterocycles. The third kappa shape index (κ3) is 2.90. The van der Waals surface area contributed by atoms with Gasteiger partial charge in [0.15, 0.2) is 0 Å². The second kappa shape index (κ2) is 6.01. The quantitative estimate of drug-likeness (QED) is 0.416. The molecule has 0 atom stereocenters. The van der Waals surface area contributed by atoms with E-state index in [0.717, 1.165) is 4.68 Å². The van der Waals surface area contributed by atoms with Crippen molar-refractivity contribution in [3.8, 4) is 11.3 Å². The molecule has 1 aromatic carbocycles. The van der Waals surface area contributed by atoms with Gasteiger partial charge in [0.1, 0.15) is 11.5 Å². The highest BCUT2D eigenvalue weighted by molar-refractivity contribution is 6.33. The Morgan fingerprint density at radius 2 is 1.96 bits per heavy atom. The van der Waals surface area contributed by atoms with Gasteiger partial charge in [-0.25, -0.2) is 0 Å². The predicted octanol–water partition coefficient (Wildman–Crippen LogP) is 2.15. The third-order valence-corrected chi connectivity index (χ3v) is 3.36. The van der Waals surface area contributed by atoms with E-state index in [4.69, 9.17) is 27.5 Å². The highest BCUT2D eigenvalue weighted by atomic mass is 35.5. The molecule has 11 heteroatoms. The molecule has 24 heavy (non-hydrogen) atoms. The van der Waals surface area contributed by atoms with Gasteiger partial charge in [0.25, 0.3) is 5.69 Å². The van der Waals surface area contributed by atoms with Gasteiger partial charge in [-0.3, -0.25) is 10.1 Å². The lowest BCUT2D eigenvalue weighted by molar-refractivity contribution is -0.384. The Morgan fingerprint density at radius 3 is 2.58 bits per heavy atom. The summed E-state index contributed by atoms with van der Waals surface area (Å²) in [7, 11) is 0. The number of furan rings is 1. The number of nitro groups is 1. The zero-order valence-corrected chi connectivity index (χ0v) is 12.7. The van der Waals surface area contributed by atoms with Crippen LogP contribution in [0.3, 0.4) is 0 Å². The lowest BCUT2D eigenvalue weighted by Gasteiger charge is -2.00. The molecule has 2 aromatic heterocycles. The van der Waals surface area contributed by atoms with Gasteiger partial charge < -0.3 is 15.9 Å². The van der Waals surface area contributed by atoms with Crippen LogP contribution < -0.4 is 11.5 Å². The summed E-state index contributed by atoms with van der Waals surface area (Å²) >= 11 is 6.07. The van der Waals surface area contributed by atoms with Gasteiger partial charge >= 0.3 is 0 Å². The molecule has 0 saturated heterocycles. The smallest absolute Gasteiger partial charge is 0.270 e. The maximum absolute atomic E-state index is 10.7. The summed E-state index contributed by atoms with van der Waals surface area (Å²) in [5, 5.41) is 22.1. The van der Waals surface area contributed by atoms with Crippen LogP contribution in [0.1, 0.15) is 5.76 Å². The number of benzene rings is 1. The average molecular weight is 348 g/mol. The van der Waals surface area contributed by atoms with Gasteiger partial charge in [0.2, 0.25) is 11.9 Å². The fourth-order valence-corrected chi connectivity index (χ4v) is 2.19. The van der Waals surface area contributed by atoms with Gasteiger partial charge in [-0.1, -0.05) is 11.6 Å². The number of hydrogen-bond donors (Lipinski definition) is 2. The lowest BCUT2D eigenvalue weighted by atomic mass is 10.1. The number of rotatable bonds is 4. The molecular weight excluding hydrogens is 338 g/mol. The number of nitro benzene ring substituents is 1. The molecular formula is C13H10ClN7O3. The van der Waals surface area contributed by atoms with Gasteiger partial charge in [-0.2, -0.15) is 9.78 Å². The van der Waals surface area contributed by atoms with Crippen molar-refractivity contribution in [3.05, 3.63) is 51.2 Å². The average Bonchev–Trinajstić information content (AvgIpc) is 3.13. The maximum atomic E-state index is 10.7. The van der Waals surface area contributed by atoms with Crippen molar-refractivity contribution in [2.45, 2.75) is 0 Å². The Balaban J connectivity index is 1.87. The van der Waals surface area contributed by atoms with Crippen molar-refractivity contribution in [1.82, 2.24) is 14.9 Å². The maximum Gasteiger partial charge on any atom is 0.270 e. The Kier molecular flexibility index (Phi) is 3.88. The van der Waals surface area contributed by atoms with E-state index in [0.29, 0.717) is 17.1 Å². The van der Waals surface area contributed by atoms with Crippen LogP contribution in [0, 0.1) is 10.1 Å². The van der Waals surface area contributed by atoms with Crippen LogP contribution >= 0.6 is 11.6 Å². The number of nitrogens with zero attached hydrogens (tertiary/aromatic N) is 5. The van der Waals surface area contributed by atoms with Crippen LogP contribution in [0.15, 0.2) is 39.9 Å². The van der Waals surface area contributed by atoms with E-state index in [9.17, 15) is 10.1 Å². The summed E-state index contributed by atoms with van der Waals surface area (Å²) < 4.78 is 6.73. The Morgan fingerprint density at radius 1 is 1.25 bits per heavy atom. The molecule has 10 nitrogen and oxygen atoms in total. The standard InChI is InChI=1S/C13H10ClN7O3/c14-10-5-7(21(22)23)1-3-9(10)11-4-2-8(24-11)6-17-20-12(15)18-19-13(20)16/h1-6H,(H2,15,18)(H2,16,19)/b17-6+. The first-order valence-corrected chi connectivity index (χ1v) is 6.88. The van der Waals surface area contributed by atoms with Gasteiger partial charge in [0.05, 0.1) is 16.2 Å². The van der Waals surface area contributed by atoms with E-state index in [1.807, 2.05) is 0 Å². The minimum absolute atomic E-state index is 0.0361. The van der Waals surface area contributed by atoms with Crippen LogP contribution in [0.5, 0.6) is 0 Å². The van der Waals surface area contributed by atoms with Crippen LogP contribution in [0.2, 0.25) is 5.02 Å². The molecule has 3 rings (SSSR count). The molecule has 0 radical (unpaired) electrons. The molecule has 0 aliphatic carbocycles. The van der Waals surface area contributed by atoms with Gasteiger partial charge in [0, 0.05) is 17.7 Å². The summed E-state index contributed by atoms with van der Waals surface area (Å²) in [6, 6.07) is 7.42. The molecule has 0 aliphatic heterocycles. The van der Waals surface area contributed by atoms with Gasteiger partial charge in [-0.05, 0) is 18.2 Å². The number of nitrogen functional groups attached to an aromatic ring is 2. The molecule has 0 bridgehead atoms. The molecule has 122 valence electrons. The van der Waals surface area contributed by atoms with Crippen molar-refractivity contribution >= 4 is 35.4 Å². The first kappa shape index (κ1) is 15.5. The summed E-state index contributed by atoms with van der Waals surface area (Å²) in [6.07, 6.45) is 1.37. The first-order valence-electron chi connectivity index (χ1n) is 6.50. The largest absolute Gasteiger partial charge is 0.455 e. The number of nitrogens with two attached hydrogens (primary N) is 2. The number of non-ortho nitro benzene ring substituents is 1. The second-order valence-electron chi connectivity index (χ2n) is 4.60. The van der Waals surface area contributed by atoms with E-state index in [-0.39, 0.29) is 22.6 Å². The molecule has 4 N–H and O–H groups in total. The molecule has 3 aromatic rings. The highest BCUT2D eigenvalue weighted by Crippen LogP contribution is 2.32. The van der Waals surface area contributed by atoms with E-state index < -0.39 is 4.92 Å². The van der Waals surface area contributed by atoms with Crippen molar-refractivity contribution in [3.63, 3.8) is 0 Å². The van der Waals surface area contributed by atoms with Gasteiger partial charge in [-0.15, -0.1) is 10.2 Å². The van der Waals surface area contributed by atoms with Crippen molar-refractivity contribution in [2.75, 3.05) is 11.5 Å². The van der Waals surface area contributed by atoms with E-state index in [2.05, 4.69) is 15.3 Å². The van der Waals surface area contributed by atoms with Crippen LogP contribution in [0.25, 0.3) is 11.3 Å². The zero-order chi connectivity index (χ0) is 17.3. The molecule has 0 saturated carbocycles. The molecule has 0 spiro atoms. The first-order chi connectivity index (χ1) is 11.5. The fourth-order valence-electron chi connectivity index (χ4n) is 1.92. The minimum atomic E-state index is -0.524. The molecule has 0 aliphatic rings. The van der Waals surface area contributed by atoms with Crippen LogP contribution in [-0.4, -0.2) is 26.0 Å². The number of hydrogen-bond acceptors (Lipinski definition) is 8. The Hall–Kier alpha value is -3.40. The molecule has 0 unspecified atom stereocenters. The minimum Gasteiger partial charge on any atom is -0.455 e. The molecule has 0 amide bonds. The normalized spacial score (nSPS) is 11.2. The topological polar surface area (TPSA) is 151 Å². The second-order valence-corrected chi connectivity index (χ2v) is 5.00. The van der Waals surface area contributed by atoms with Crippen LogP contribution in [0.4, 0.5) is 17.6 Å². The van der Waals surface area contributed by atoms with Crippen molar-refractivity contribution < 1.29 is 9.34 Å². The fraction of sp³-hybridized carbons (Fsp3) is 0. The third-order valence-electron chi connectivity index (χ3n) is 3.05. The van der Waals surface area contributed by atoms with E-state index in [1.54, 1.807) is 12.1 Å².